The van der Waals surface area contributed by atoms with Crippen LogP contribution in [-0.4, -0.2) is 33.7 Å². The fraction of sp³-hybridized carbons (Fsp3) is 0.105. The van der Waals surface area contributed by atoms with Crippen LogP contribution >= 0.6 is 0 Å². The Labute approximate surface area is 155 Å². The molecular weight excluding hydrogens is 373 g/mol. The maximum atomic E-state index is 13.6. The van der Waals surface area contributed by atoms with Gasteiger partial charge in [-0.05, 0) is 30.3 Å². The zero-order valence-corrected chi connectivity index (χ0v) is 15.3. The quantitative estimate of drug-likeness (QED) is 0.722. The van der Waals surface area contributed by atoms with Gasteiger partial charge < -0.3 is 9.84 Å². The van der Waals surface area contributed by atoms with E-state index in [0.717, 1.165) is 16.4 Å². The highest BCUT2D eigenvalue weighted by Crippen LogP contribution is 2.33. The molecule has 0 radical (unpaired) electrons. The minimum Gasteiger partial charge on any atom is -0.496 e. The molecule has 3 aromatic rings. The zero-order chi connectivity index (χ0) is 19.8. The predicted octanol–water partition coefficient (Wildman–Crippen LogP) is 3.51. The van der Waals surface area contributed by atoms with Gasteiger partial charge in [-0.1, -0.05) is 24.3 Å². The van der Waals surface area contributed by atoms with Crippen molar-refractivity contribution < 1.29 is 27.4 Å². The summed E-state index contributed by atoms with van der Waals surface area (Å²) in [7, 11) is -1.26. The number of hydrogen-bond acceptors (Lipinski definition) is 4. The van der Waals surface area contributed by atoms with Crippen molar-refractivity contribution in [2.24, 2.45) is 0 Å². The number of carboxylic acid groups (broad SMARTS) is 1. The van der Waals surface area contributed by atoms with Crippen molar-refractivity contribution in [2.75, 3.05) is 18.5 Å². The minimum absolute atomic E-state index is 0.0302. The van der Waals surface area contributed by atoms with Crippen LogP contribution in [-0.2, 0) is 10.0 Å². The van der Waals surface area contributed by atoms with Gasteiger partial charge in [0.1, 0.15) is 11.6 Å². The van der Waals surface area contributed by atoms with Gasteiger partial charge >= 0.3 is 5.97 Å². The van der Waals surface area contributed by atoms with Crippen LogP contribution in [0.15, 0.2) is 59.5 Å². The third kappa shape index (κ3) is 3.19. The van der Waals surface area contributed by atoms with E-state index in [1.807, 2.05) is 0 Å². The minimum atomic E-state index is -4.04. The summed E-state index contributed by atoms with van der Waals surface area (Å²) in [5.41, 5.74) is -0.567. The van der Waals surface area contributed by atoms with Crippen LogP contribution in [0.5, 0.6) is 5.75 Å². The predicted molar refractivity (Wildman–Crippen MR) is 99.4 cm³/mol. The molecule has 0 amide bonds. The van der Waals surface area contributed by atoms with E-state index in [9.17, 15) is 17.6 Å². The van der Waals surface area contributed by atoms with E-state index in [0.29, 0.717) is 16.5 Å². The molecule has 0 spiro atoms. The van der Waals surface area contributed by atoms with E-state index in [1.165, 1.54) is 26.3 Å². The Balaban J connectivity index is 2.16. The Morgan fingerprint density at radius 3 is 2.37 bits per heavy atom. The highest BCUT2D eigenvalue weighted by molar-refractivity contribution is 7.93. The highest BCUT2D eigenvalue weighted by Gasteiger charge is 2.25. The molecule has 0 saturated carbocycles. The first kappa shape index (κ1) is 18.7. The van der Waals surface area contributed by atoms with Crippen LogP contribution in [0.3, 0.4) is 0 Å². The average molecular weight is 389 g/mol. The van der Waals surface area contributed by atoms with Gasteiger partial charge in [0.05, 0.1) is 23.3 Å². The standard InChI is InChI=1S/C19H16FNO5S/c1-21(12-7-8-16(20)15(11-12)19(22)23)27(24,25)18-10-9-17(26-2)13-5-3-4-6-14(13)18/h3-11H,1-2H3,(H,22,23). The number of rotatable bonds is 5. The summed E-state index contributed by atoms with van der Waals surface area (Å²) in [5.74, 6) is -1.89. The average Bonchev–Trinajstić information content (AvgIpc) is 2.66. The van der Waals surface area contributed by atoms with Crippen LogP contribution in [0, 0.1) is 5.82 Å². The Morgan fingerprint density at radius 1 is 1.07 bits per heavy atom. The molecule has 0 unspecified atom stereocenters. The molecule has 0 aromatic heterocycles. The maximum absolute atomic E-state index is 13.6. The second kappa shape index (κ2) is 6.88. The first-order chi connectivity index (χ1) is 12.8. The molecular formula is C19H16FNO5S. The number of sulfonamides is 1. The normalized spacial score (nSPS) is 11.4. The number of nitrogens with zero attached hydrogens (tertiary/aromatic N) is 1. The molecule has 27 heavy (non-hydrogen) atoms. The number of fused-ring (bicyclic) bond motifs is 1. The summed E-state index contributed by atoms with van der Waals surface area (Å²) >= 11 is 0. The van der Waals surface area contributed by atoms with Crippen LogP contribution in [0.25, 0.3) is 10.8 Å². The van der Waals surface area contributed by atoms with E-state index in [-0.39, 0.29) is 10.6 Å². The Morgan fingerprint density at radius 2 is 1.74 bits per heavy atom. The number of aromatic carboxylic acids is 1. The smallest absolute Gasteiger partial charge is 0.338 e. The van der Waals surface area contributed by atoms with Crippen LogP contribution in [0.2, 0.25) is 0 Å². The van der Waals surface area contributed by atoms with Gasteiger partial charge in [-0.3, -0.25) is 4.31 Å². The molecule has 140 valence electrons. The molecule has 0 aliphatic carbocycles. The van der Waals surface area contributed by atoms with Crippen molar-refractivity contribution in [1.29, 1.82) is 0 Å². The van der Waals surface area contributed by atoms with Crippen LogP contribution in [0.4, 0.5) is 10.1 Å². The summed E-state index contributed by atoms with van der Waals surface area (Å²) in [5, 5.41) is 10.2. The van der Waals surface area contributed by atoms with Crippen molar-refractivity contribution in [3.63, 3.8) is 0 Å². The third-order valence-electron chi connectivity index (χ3n) is 4.25. The Kier molecular flexibility index (Phi) is 4.75. The van der Waals surface area contributed by atoms with E-state index < -0.39 is 27.4 Å². The largest absolute Gasteiger partial charge is 0.496 e. The zero-order valence-electron chi connectivity index (χ0n) is 14.5. The molecule has 0 heterocycles. The third-order valence-corrected chi connectivity index (χ3v) is 6.09. The van der Waals surface area contributed by atoms with E-state index >= 15 is 0 Å². The fourth-order valence-electron chi connectivity index (χ4n) is 2.81. The lowest BCUT2D eigenvalue weighted by atomic mass is 10.1. The van der Waals surface area contributed by atoms with Gasteiger partial charge in [-0.15, -0.1) is 0 Å². The summed E-state index contributed by atoms with van der Waals surface area (Å²) in [6.07, 6.45) is 0. The molecule has 3 rings (SSSR count). The molecule has 0 fully saturated rings. The van der Waals surface area contributed by atoms with Gasteiger partial charge in [0.15, 0.2) is 0 Å². The molecule has 0 aliphatic rings. The number of carboxylic acids is 1. The lowest BCUT2D eigenvalue weighted by Gasteiger charge is -2.21. The molecule has 0 aliphatic heterocycles. The lowest BCUT2D eigenvalue weighted by Crippen LogP contribution is -2.27. The van der Waals surface area contributed by atoms with Gasteiger partial charge in [0, 0.05) is 17.8 Å². The molecule has 0 bridgehead atoms. The molecule has 0 saturated heterocycles. The summed E-state index contributed by atoms with van der Waals surface area (Å²) in [4.78, 5) is 11.2. The number of hydrogen-bond donors (Lipinski definition) is 1. The van der Waals surface area contributed by atoms with Crippen molar-refractivity contribution in [1.82, 2.24) is 0 Å². The van der Waals surface area contributed by atoms with Crippen molar-refractivity contribution in [2.45, 2.75) is 4.90 Å². The van der Waals surface area contributed by atoms with Crippen molar-refractivity contribution in [3.8, 4) is 5.75 Å². The molecule has 0 atom stereocenters. The second-order valence-corrected chi connectivity index (χ2v) is 7.69. The van der Waals surface area contributed by atoms with Gasteiger partial charge in [-0.2, -0.15) is 0 Å². The summed E-state index contributed by atoms with van der Waals surface area (Å²) in [6.45, 7) is 0. The monoisotopic (exact) mass is 389 g/mol. The number of ether oxygens (including phenoxy) is 1. The highest BCUT2D eigenvalue weighted by atomic mass is 32.2. The van der Waals surface area contributed by atoms with Crippen LogP contribution < -0.4 is 9.04 Å². The first-order valence-electron chi connectivity index (χ1n) is 7.85. The van der Waals surface area contributed by atoms with Gasteiger partial charge in [0.2, 0.25) is 0 Å². The molecule has 1 N–H and O–H groups in total. The number of halogens is 1. The SMILES string of the molecule is COc1ccc(S(=O)(=O)N(C)c2ccc(F)c(C(=O)O)c2)c2ccccc12. The van der Waals surface area contributed by atoms with E-state index in [4.69, 9.17) is 9.84 Å². The fourth-order valence-corrected chi connectivity index (χ4v) is 4.19. The number of methoxy groups -OCH3 is 1. The number of benzene rings is 3. The molecule has 6 nitrogen and oxygen atoms in total. The first-order valence-corrected chi connectivity index (χ1v) is 9.29. The Hall–Kier alpha value is -3.13. The van der Waals surface area contributed by atoms with E-state index in [1.54, 1.807) is 30.3 Å². The Bertz CT molecular complexity index is 1140. The summed E-state index contributed by atoms with van der Waals surface area (Å²) < 4.78 is 46.1. The van der Waals surface area contributed by atoms with Crippen molar-refractivity contribution >= 4 is 32.5 Å². The topological polar surface area (TPSA) is 83.9 Å². The second-order valence-electron chi connectivity index (χ2n) is 5.75. The summed E-state index contributed by atoms with van der Waals surface area (Å²) in [6, 6.07) is 13.0. The number of anilines is 1. The van der Waals surface area contributed by atoms with Crippen LogP contribution in [0.1, 0.15) is 10.4 Å². The van der Waals surface area contributed by atoms with Gasteiger partial charge in [0.25, 0.3) is 10.0 Å². The van der Waals surface area contributed by atoms with Crippen molar-refractivity contribution in [3.05, 3.63) is 66.0 Å². The number of carbonyl (C=O) groups is 1. The lowest BCUT2D eigenvalue weighted by molar-refractivity contribution is 0.0692. The maximum Gasteiger partial charge on any atom is 0.338 e. The molecule has 8 heteroatoms. The van der Waals surface area contributed by atoms with E-state index in [2.05, 4.69) is 0 Å². The van der Waals surface area contributed by atoms with Gasteiger partial charge in [-0.25, -0.2) is 17.6 Å². The molecule has 3 aromatic carbocycles.